The van der Waals surface area contributed by atoms with Crippen molar-refractivity contribution < 1.29 is 23.5 Å². The minimum atomic E-state index is -0.711. The lowest BCUT2D eigenvalue weighted by Crippen LogP contribution is -2.23. The lowest BCUT2D eigenvalue weighted by molar-refractivity contribution is -0.117. The van der Waals surface area contributed by atoms with E-state index in [9.17, 15) is 14.9 Å². The molecule has 0 aliphatic heterocycles. The molecular weight excluding hydrogens is 446 g/mol. The van der Waals surface area contributed by atoms with Crippen LogP contribution in [-0.2, 0) is 11.3 Å². The third-order valence-corrected chi connectivity index (χ3v) is 4.49. The third-order valence-electron chi connectivity index (χ3n) is 4.24. The van der Waals surface area contributed by atoms with E-state index in [0.29, 0.717) is 28.6 Å². The van der Waals surface area contributed by atoms with Gasteiger partial charge in [0.25, 0.3) is 5.91 Å². The molecule has 0 atom stereocenters. The minimum Gasteiger partial charge on any atom is -0.490 e. The number of carbonyl (C=O) groups excluding carboxylic acids is 2. The van der Waals surface area contributed by atoms with Gasteiger partial charge in [-0.3, -0.25) is 10.1 Å². The summed E-state index contributed by atoms with van der Waals surface area (Å²) in [4.78, 5) is 24.6. The summed E-state index contributed by atoms with van der Waals surface area (Å²) in [5.41, 5.74) is 0.938. The van der Waals surface area contributed by atoms with E-state index in [4.69, 9.17) is 25.5 Å². The van der Waals surface area contributed by atoms with Gasteiger partial charge in [-0.15, -0.1) is 0 Å². The Balaban J connectivity index is 1.72. The van der Waals surface area contributed by atoms with Gasteiger partial charge in [0.2, 0.25) is 0 Å². The number of amides is 2. The highest BCUT2D eigenvalue weighted by molar-refractivity contribution is 6.30. The molecule has 168 valence electrons. The molecule has 0 unspecified atom stereocenters. The van der Waals surface area contributed by atoms with Crippen LogP contribution in [0.1, 0.15) is 18.2 Å². The molecule has 1 heterocycles. The highest BCUT2D eigenvalue weighted by Crippen LogP contribution is 2.30. The van der Waals surface area contributed by atoms with Crippen LogP contribution < -0.4 is 20.1 Å². The van der Waals surface area contributed by atoms with Crippen molar-refractivity contribution >= 4 is 35.4 Å². The summed E-state index contributed by atoms with van der Waals surface area (Å²) in [7, 11) is 0. The zero-order chi connectivity index (χ0) is 23.6. The number of nitrogens with zero attached hydrogens (tertiary/aromatic N) is 1. The third kappa shape index (κ3) is 6.89. The van der Waals surface area contributed by atoms with E-state index >= 15 is 0 Å². The van der Waals surface area contributed by atoms with Gasteiger partial charge >= 0.3 is 6.09 Å². The fourth-order valence-electron chi connectivity index (χ4n) is 2.73. The predicted molar refractivity (Wildman–Crippen MR) is 123 cm³/mol. The first-order valence-corrected chi connectivity index (χ1v) is 10.3. The summed E-state index contributed by atoms with van der Waals surface area (Å²) in [5, 5.41) is 15.2. The van der Waals surface area contributed by atoms with Gasteiger partial charge in [0, 0.05) is 10.7 Å². The zero-order valence-corrected chi connectivity index (χ0v) is 18.4. The van der Waals surface area contributed by atoms with Crippen LogP contribution in [0.2, 0.25) is 5.02 Å². The smallest absolute Gasteiger partial charge is 0.417 e. The van der Waals surface area contributed by atoms with Crippen molar-refractivity contribution in [2.45, 2.75) is 13.5 Å². The van der Waals surface area contributed by atoms with Crippen molar-refractivity contribution in [3.63, 3.8) is 0 Å². The number of benzene rings is 2. The molecule has 1 aromatic heterocycles. The van der Waals surface area contributed by atoms with E-state index in [1.807, 2.05) is 6.07 Å². The van der Waals surface area contributed by atoms with Crippen LogP contribution in [0, 0.1) is 11.3 Å². The summed E-state index contributed by atoms with van der Waals surface area (Å²) in [6.07, 6.45) is 2.20. The van der Waals surface area contributed by atoms with Crippen LogP contribution in [-0.4, -0.2) is 18.6 Å². The summed E-state index contributed by atoms with van der Waals surface area (Å²) >= 11 is 5.84. The maximum Gasteiger partial charge on any atom is 0.417 e. The highest BCUT2D eigenvalue weighted by atomic mass is 35.5. The summed E-state index contributed by atoms with van der Waals surface area (Å²) in [6, 6.07) is 16.6. The standard InChI is InChI=1S/C24H20ClN3O5/c1-2-31-22-13-16(12-17(14-26)23(29)27-15-20-4-3-11-32-20)5-10-21(22)33-24(30)28-19-8-6-18(25)7-9-19/h3-13H,2,15H2,1H3,(H,27,29)(H,28,30)/b17-12+. The van der Waals surface area contributed by atoms with Gasteiger partial charge in [-0.05, 0) is 67.1 Å². The molecule has 2 aromatic carbocycles. The molecule has 2 N–H and O–H groups in total. The number of ether oxygens (including phenoxy) is 2. The lowest BCUT2D eigenvalue weighted by Gasteiger charge is -2.12. The van der Waals surface area contributed by atoms with Crippen LogP contribution in [0.3, 0.4) is 0 Å². The van der Waals surface area contributed by atoms with Crippen molar-refractivity contribution in [1.82, 2.24) is 5.32 Å². The molecule has 2 amide bonds. The Morgan fingerprint density at radius 1 is 1.15 bits per heavy atom. The predicted octanol–water partition coefficient (Wildman–Crippen LogP) is 5.17. The van der Waals surface area contributed by atoms with Gasteiger partial charge in [-0.25, -0.2) is 4.79 Å². The number of nitrogens with one attached hydrogen (secondary N) is 2. The fraction of sp³-hybridized carbons (Fsp3) is 0.125. The van der Waals surface area contributed by atoms with E-state index in [1.165, 1.54) is 18.4 Å². The molecule has 9 heteroatoms. The molecule has 0 bridgehead atoms. The van der Waals surface area contributed by atoms with Crippen LogP contribution in [0.25, 0.3) is 6.08 Å². The number of hydrogen-bond acceptors (Lipinski definition) is 6. The van der Waals surface area contributed by atoms with Crippen molar-refractivity contribution in [1.29, 1.82) is 5.26 Å². The second-order valence-electron chi connectivity index (χ2n) is 6.59. The number of hydrogen-bond donors (Lipinski definition) is 2. The average Bonchev–Trinajstić information content (AvgIpc) is 3.33. The molecule has 0 radical (unpaired) electrons. The summed E-state index contributed by atoms with van der Waals surface area (Å²) < 4.78 is 16.1. The molecule has 0 spiro atoms. The van der Waals surface area contributed by atoms with Gasteiger partial charge in [0.15, 0.2) is 11.5 Å². The van der Waals surface area contributed by atoms with Crippen LogP contribution in [0.5, 0.6) is 11.5 Å². The van der Waals surface area contributed by atoms with Gasteiger partial charge in [0.05, 0.1) is 19.4 Å². The Hall–Kier alpha value is -4.22. The fourth-order valence-corrected chi connectivity index (χ4v) is 2.86. The molecule has 3 rings (SSSR count). The Kier molecular flexibility index (Phi) is 8.11. The summed E-state index contributed by atoms with van der Waals surface area (Å²) in [5.74, 6) is 0.485. The van der Waals surface area contributed by atoms with Gasteiger partial charge in [-0.2, -0.15) is 5.26 Å². The number of carbonyl (C=O) groups is 2. The summed E-state index contributed by atoms with van der Waals surface area (Å²) in [6.45, 7) is 2.25. The van der Waals surface area contributed by atoms with E-state index in [0.717, 1.165) is 0 Å². The first-order chi connectivity index (χ1) is 16.0. The largest absolute Gasteiger partial charge is 0.490 e. The first-order valence-electron chi connectivity index (χ1n) is 9.92. The van der Waals surface area contributed by atoms with Crippen molar-refractivity contribution in [2.24, 2.45) is 0 Å². The monoisotopic (exact) mass is 465 g/mol. The van der Waals surface area contributed by atoms with Crippen LogP contribution in [0.15, 0.2) is 70.9 Å². The lowest BCUT2D eigenvalue weighted by atomic mass is 10.1. The molecule has 0 fully saturated rings. The second-order valence-corrected chi connectivity index (χ2v) is 7.03. The Morgan fingerprint density at radius 3 is 2.61 bits per heavy atom. The number of nitriles is 1. The van der Waals surface area contributed by atoms with Gasteiger partial charge < -0.3 is 19.2 Å². The van der Waals surface area contributed by atoms with Crippen molar-refractivity contribution in [3.8, 4) is 17.6 Å². The molecule has 3 aromatic rings. The quantitative estimate of drug-likeness (QED) is 0.350. The molecule has 0 saturated heterocycles. The number of furan rings is 1. The molecule has 0 aliphatic carbocycles. The molecule has 33 heavy (non-hydrogen) atoms. The van der Waals surface area contributed by atoms with Gasteiger partial charge in [0.1, 0.15) is 17.4 Å². The molecule has 0 saturated carbocycles. The maximum atomic E-state index is 12.3. The normalized spacial score (nSPS) is 10.8. The molecular formula is C24H20ClN3O5. The Morgan fingerprint density at radius 2 is 1.94 bits per heavy atom. The van der Waals surface area contributed by atoms with E-state index in [1.54, 1.807) is 55.5 Å². The van der Waals surface area contributed by atoms with Crippen molar-refractivity contribution in [3.05, 3.63) is 82.8 Å². The SMILES string of the molecule is CCOc1cc(/C=C(\C#N)C(=O)NCc2ccco2)ccc1OC(=O)Nc1ccc(Cl)cc1. The minimum absolute atomic E-state index is 0.0989. The average molecular weight is 466 g/mol. The van der Waals surface area contributed by atoms with Crippen LogP contribution >= 0.6 is 11.6 Å². The second kappa shape index (κ2) is 11.4. The Bertz CT molecular complexity index is 1180. The van der Waals surface area contributed by atoms with Gasteiger partial charge in [-0.1, -0.05) is 17.7 Å². The Labute approximate surface area is 195 Å². The number of halogens is 1. The molecule has 8 nitrogen and oxygen atoms in total. The highest BCUT2D eigenvalue weighted by Gasteiger charge is 2.14. The van der Waals surface area contributed by atoms with Crippen molar-refractivity contribution in [2.75, 3.05) is 11.9 Å². The van der Waals surface area contributed by atoms with E-state index in [2.05, 4.69) is 10.6 Å². The van der Waals surface area contributed by atoms with Crippen LogP contribution in [0.4, 0.5) is 10.5 Å². The van der Waals surface area contributed by atoms with E-state index in [-0.39, 0.29) is 23.6 Å². The zero-order valence-electron chi connectivity index (χ0n) is 17.6. The van der Waals surface area contributed by atoms with E-state index < -0.39 is 12.0 Å². The number of rotatable bonds is 8. The number of anilines is 1. The first kappa shape index (κ1) is 23.4. The molecule has 0 aliphatic rings. The maximum absolute atomic E-state index is 12.3. The topological polar surface area (TPSA) is 114 Å².